The maximum Gasteiger partial charge on any atom is 0.183 e. The number of nitrogens with zero attached hydrogens (tertiary/aromatic N) is 4. The molecule has 0 aliphatic carbocycles. The van der Waals surface area contributed by atoms with Crippen LogP contribution in [-0.4, -0.2) is 23.1 Å². The van der Waals surface area contributed by atoms with E-state index in [1.165, 1.54) is 5.57 Å². The van der Waals surface area contributed by atoms with E-state index in [0.717, 1.165) is 42.7 Å². The Bertz CT molecular complexity index is 908. The van der Waals surface area contributed by atoms with Gasteiger partial charge in [-0.05, 0) is 31.1 Å². The van der Waals surface area contributed by atoms with Crippen LogP contribution in [0.3, 0.4) is 0 Å². The molecule has 1 saturated heterocycles. The van der Waals surface area contributed by atoms with Crippen molar-refractivity contribution in [3.8, 4) is 6.07 Å². The number of anilines is 1. The second-order valence-electron chi connectivity index (χ2n) is 5.82. The van der Waals surface area contributed by atoms with Gasteiger partial charge in [0.15, 0.2) is 11.5 Å². The highest BCUT2D eigenvalue weighted by Crippen LogP contribution is 2.26. The van der Waals surface area contributed by atoms with Crippen molar-refractivity contribution in [1.82, 2.24) is 9.97 Å². The third-order valence-corrected chi connectivity index (χ3v) is 4.28. The van der Waals surface area contributed by atoms with Gasteiger partial charge in [-0.25, -0.2) is 9.97 Å². The van der Waals surface area contributed by atoms with E-state index in [9.17, 15) is 0 Å². The van der Waals surface area contributed by atoms with Crippen molar-refractivity contribution in [1.29, 1.82) is 5.26 Å². The molecule has 5 heteroatoms. The first-order valence-corrected chi connectivity index (χ1v) is 7.97. The molecular weight excluding hydrogens is 300 g/mol. The van der Waals surface area contributed by atoms with Gasteiger partial charge in [-0.1, -0.05) is 23.8 Å². The van der Waals surface area contributed by atoms with Crippen LogP contribution in [0.4, 0.5) is 5.82 Å². The fraction of sp³-hybridized carbons (Fsp3) is 0.211. The summed E-state index contributed by atoms with van der Waals surface area (Å²) in [6.07, 6.45) is 7.19. The molecule has 1 aliphatic rings. The Hall–Kier alpha value is -3.13. The molecule has 1 aliphatic heterocycles. The standard InChI is InChI=1S/C19H16N4O/c20-13-17-19(22-8-7-21-17)23-9-5-14(6-10-23)11-16-12-15-3-1-2-4-18(15)24-16/h1-4,7-8,11-12H,5-6,9-10H2. The molecule has 2 aromatic heterocycles. The van der Waals surface area contributed by atoms with Crippen LogP contribution < -0.4 is 4.90 Å². The first-order chi connectivity index (χ1) is 11.8. The van der Waals surface area contributed by atoms with Gasteiger partial charge in [-0.3, -0.25) is 0 Å². The topological polar surface area (TPSA) is 66.0 Å². The van der Waals surface area contributed by atoms with Gasteiger partial charge in [0.2, 0.25) is 0 Å². The molecule has 0 bridgehead atoms. The minimum absolute atomic E-state index is 0.391. The third kappa shape index (κ3) is 2.74. The molecule has 0 saturated carbocycles. The predicted octanol–water partition coefficient (Wildman–Crippen LogP) is 3.78. The second kappa shape index (κ2) is 6.17. The summed E-state index contributed by atoms with van der Waals surface area (Å²) >= 11 is 0. The number of piperidine rings is 1. The van der Waals surface area contributed by atoms with Gasteiger partial charge in [0, 0.05) is 30.9 Å². The number of nitriles is 1. The lowest BCUT2D eigenvalue weighted by atomic mass is 10.0. The monoisotopic (exact) mass is 316 g/mol. The summed E-state index contributed by atoms with van der Waals surface area (Å²) in [7, 11) is 0. The van der Waals surface area contributed by atoms with Crippen molar-refractivity contribution >= 4 is 22.9 Å². The van der Waals surface area contributed by atoms with Crippen molar-refractivity contribution < 1.29 is 4.42 Å². The molecule has 4 rings (SSSR count). The highest BCUT2D eigenvalue weighted by molar-refractivity contribution is 5.79. The molecule has 118 valence electrons. The fourth-order valence-electron chi connectivity index (χ4n) is 3.07. The van der Waals surface area contributed by atoms with Crippen LogP contribution in [0.5, 0.6) is 0 Å². The molecule has 0 N–H and O–H groups in total. The van der Waals surface area contributed by atoms with Crippen LogP contribution in [0.2, 0.25) is 0 Å². The van der Waals surface area contributed by atoms with Gasteiger partial charge in [-0.15, -0.1) is 0 Å². The molecule has 24 heavy (non-hydrogen) atoms. The Kier molecular flexibility index (Phi) is 3.72. The normalized spacial score (nSPS) is 14.6. The molecule has 0 spiro atoms. The number of rotatable bonds is 2. The number of fused-ring (bicyclic) bond motifs is 1. The molecule has 1 aromatic carbocycles. The average molecular weight is 316 g/mol. The van der Waals surface area contributed by atoms with Crippen LogP contribution in [0, 0.1) is 11.3 Å². The van der Waals surface area contributed by atoms with Gasteiger partial charge < -0.3 is 9.32 Å². The number of aromatic nitrogens is 2. The van der Waals surface area contributed by atoms with Gasteiger partial charge in [0.1, 0.15) is 17.4 Å². The molecule has 0 atom stereocenters. The minimum atomic E-state index is 0.391. The lowest BCUT2D eigenvalue weighted by Crippen LogP contribution is -2.32. The van der Waals surface area contributed by atoms with Crippen molar-refractivity contribution in [2.45, 2.75) is 12.8 Å². The Morgan fingerprint density at radius 2 is 1.92 bits per heavy atom. The van der Waals surface area contributed by atoms with Crippen LogP contribution >= 0.6 is 0 Å². The Labute approximate surface area is 139 Å². The van der Waals surface area contributed by atoms with E-state index in [2.05, 4.69) is 39.1 Å². The number of hydrogen-bond donors (Lipinski definition) is 0. The lowest BCUT2D eigenvalue weighted by Gasteiger charge is -2.29. The van der Waals surface area contributed by atoms with Crippen molar-refractivity contribution in [3.63, 3.8) is 0 Å². The molecule has 3 heterocycles. The summed E-state index contributed by atoms with van der Waals surface area (Å²) < 4.78 is 5.86. The Morgan fingerprint density at radius 1 is 1.12 bits per heavy atom. The van der Waals surface area contributed by atoms with Gasteiger partial charge >= 0.3 is 0 Å². The first-order valence-electron chi connectivity index (χ1n) is 7.97. The third-order valence-electron chi connectivity index (χ3n) is 4.28. The predicted molar refractivity (Wildman–Crippen MR) is 92.4 cm³/mol. The number of benzene rings is 1. The van der Waals surface area contributed by atoms with Gasteiger partial charge in [0.05, 0.1) is 0 Å². The average Bonchev–Trinajstić information content (AvgIpc) is 3.04. The van der Waals surface area contributed by atoms with E-state index >= 15 is 0 Å². The number of furan rings is 1. The van der Waals surface area contributed by atoms with E-state index < -0.39 is 0 Å². The molecule has 0 radical (unpaired) electrons. The van der Waals surface area contributed by atoms with Crippen molar-refractivity contribution in [2.24, 2.45) is 0 Å². The quantitative estimate of drug-likeness (QED) is 0.720. The summed E-state index contributed by atoms with van der Waals surface area (Å²) in [6, 6.07) is 12.2. The molecular formula is C19H16N4O. The summed E-state index contributed by atoms with van der Waals surface area (Å²) in [4.78, 5) is 10.5. The Morgan fingerprint density at radius 3 is 2.71 bits per heavy atom. The summed E-state index contributed by atoms with van der Waals surface area (Å²) in [6.45, 7) is 1.67. The van der Waals surface area contributed by atoms with Crippen molar-refractivity contribution in [2.75, 3.05) is 18.0 Å². The zero-order valence-corrected chi connectivity index (χ0v) is 13.1. The molecule has 3 aromatic rings. The molecule has 5 nitrogen and oxygen atoms in total. The first kappa shape index (κ1) is 14.5. The fourth-order valence-corrected chi connectivity index (χ4v) is 3.07. The van der Waals surface area contributed by atoms with Crippen LogP contribution in [0.15, 0.2) is 52.7 Å². The smallest absolute Gasteiger partial charge is 0.183 e. The SMILES string of the molecule is N#Cc1nccnc1N1CCC(=Cc2cc3ccccc3o2)CC1. The lowest BCUT2D eigenvalue weighted by molar-refractivity contribution is 0.601. The van der Waals surface area contributed by atoms with E-state index in [-0.39, 0.29) is 0 Å². The summed E-state index contributed by atoms with van der Waals surface area (Å²) in [5, 5.41) is 10.3. The van der Waals surface area contributed by atoms with E-state index in [4.69, 9.17) is 9.68 Å². The Balaban J connectivity index is 1.50. The minimum Gasteiger partial charge on any atom is -0.457 e. The molecule has 1 fully saturated rings. The summed E-state index contributed by atoms with van der Waals surface area (Å²) in [5.74, 6) is 1.58. The van der Waals surface area contributed by atoms with E-state index in [0.29, 0.717) is 11.5 Å². The highest BCUT2D eigenvalue weighted by Gasteiger charge is 2.19. The van der Waals surface area contributed by atoms with Crippen LogP contribution in [0.1, 0.15) is 24.3 Å². The summed E-state index contributed by atoms with van der Waals surface area (Å²) in [5.41, 5.74) is 2.66. The largest absolute Gasteiger partial charge is 0.457 e. The zero-order chi connectivity index (χ0) is 16.4. The van der Waals surface area contributed by atoms with Crippen LogP contribution in [0.25, 0.3) is 17.0 Å². The number of para-hydroxylation sites is 1. The maximum atomic E-state index is 9.16. The number of hydrogen-bond acceptors (Lipinski definition) is 5. The van der Waals surface area contributed by atoms with Crippen molar-refractivity contribution in [3.05, 3.63) is 59.8 Å². The zero-order valence-electron chi connectivity index (χ0n) is 13.1. The highest BCUT2D eigenvalue weighted by atomic mass is 16.3. The van der Waals surface area contributed by atoms with Crippen LogP contribution in [-0.2, 0) is 0 Å². The van der Waals surface area contributed by atoms with Gasteiger partial charge in [-0.2, -0.15) is 5.26 Å². The molecule has 0 amide bonds. The van der Waals surface area contributed by atoms with Gasteiger partial charge in [0.25, 0.3) is 0 Å². The maximum absolute atomic E-state index is 9.16. The second-order valence-corrected chi connectivity index (χ2v) is 5.82. The molecule has 0 unspecified atom stereocenters. The van der Waals surface area contributed by atoms with E-state index in [1.54, 1.807) is 12.4 Å². The van der Waals surface area contributed by atoms with E-state index in [1.807, 2.05) is 18.2 Å².